The summed E-state index contributed by atoms with van der Waals surface area (Å²) in [6.07, 6.45) is 2.51. The predicted octanol–water partition coefficient (Wildman–Crippen LogP) is 2.27. The quantitative estimate of drug-likeness (QED) is 0.475. The van der Waals surface area contributed by atoms with Crippen LogP contribution in [0.5, 0.6) is 0 Å². The maximum atomic E-state index is 13.4. The molecule has 0 bridgehead atoms. The van der Waals surface area contributed by atoms with E-state index in [9.17, 15) is 14.3 Å². The minimum atomic E-state index is -0.508. The van der Waals surface area contributed by atoms with Crippen LogP contribution >= 0.6 is 11.6 Å². The Hall–Kier alpha value is -2.51. The lowest BCUT2D eigenvalue weighted by atomic mass is 10.1. The fourth-order valence-electron chi connectivity index (χ4n) is 2.10. The number of aromatic nitrogens is 2. The van der Waals surface area contributed by atoms with Gasteiger partial charge in [0.15, 0.2) is 5.15 Å². The van der Waals surface area contributed by atoms with Crippen LogP contribution in [-0.4, -0.2) is 33.4 Å². The normalized spacial score (nSPS) is 12.1. The summed E-state index contributed by atoms with van der Waals surface area (Å²) in [4.78, 5) is 16.7. The molecule has 0 aliphatic carbocycles. The molecule has 2 aromatic rings. The lowest BCUT2D eigenvalue weighted by Gasteiger charge is -2.11. The zero-order valence-electron chi connectivity index (χ0n) is 12.9. The van der Waals surface area contributed by atoms with Crippen LogP contribution in [0.4, 0.5) is 4.39 Å². The van der Waals surface area contributed by atoms with Gasteiger partial charge in [-0.15, -0.1) is 0 Å². The van der Waals surface area contributed by atoms with E-state index < -0.39 is 18.2 Å². The summed E-state index contributed by atoms with van der Waals surface area (Å²) >= 11 is 5.93. The van der Waals surface area contributed by atoms with E-state index in [-0.39, 0.29) is 22.0 Å². The average molecular weight is 351 g/mol. The van der Waals surface area contributed by atoms with E-state index in [2.05, 4.69) is 10.1 Å². The molecule has 126 valence electrons. The highest BCUT2D eigenvalue weighted by Crippen LogP contribution is 2.22. The standard InChI is InChI=1S/C16H16ClFN4O2/c1-2-20-8-11(7-19)16(24)14-6-15(17)21-22(14)13-4-3-12(18)5-10(13)9-23/h3-8,23H,2,9,19H2,1H3. The maximum absolute atomic E-state index is 13.4. The number of hydrogen-bond donors (Lipinski definition) is 2. The van der Waals surface area contributed by atoms with Gasteiger partial charge in [0.25, 0.3) is 0 Å². The van der Waals surface area contributed by atoms with Gasteiger partial charge < -0.3 is 10.8 Å². The number of aliphatic hydroxyl groups is 1. The van der Waals surface area contributed by atoms with E-state index in [0.29, 0.717) is 12.2 Å². The third kappa shape index (κ3) is 3.69. The smallest absolute Gasteiger partial charge is 0.214 e. The van der Waals surface area contributed by atoms with Crippen LogP contribution in [0.2, 0.25) is 5.15 Å². The first-order valence-corrected chi connectivity index (χ1v) is 7.51. The summed E-state index contributed by atoms with van der Waals surface area (Å²) < 4.78 is 14.6. The number of carbonyl (C=O) groups excluding carboxylic acids is 1. The minimum absolute atomic E-state index is 0.0790. The Morgan fingerprint density at radius 2 is 2.25 bits per heavy atom. The van der Waals surface area contributed by atoms with Crippen molar-refractivity contribution in [1.29, 1.82) is 0 Å². The highest BCUT2D eigenvalue weighted by molar-refractivity contribution is 6.30. The second-order valence-corrected chi connectivity index (χ2v) is 5.16. The monoisotopic (exact) mass is 350 g/mol. The fourth-order valence-corrected chi connectivity index (χ4v) is 2.28. The Balaban J connectivity index is 2.56. The Bertz CT molecular complexity index is 814. The molecule has 1 heterocycles. The van der Waals surface area contributed by atoms with Crippen molar-refractivity contribution in [2.24, 2.45) is 10.7 Å². The highest BCUT2D eigenvalue weighted by Gasteiger charge is 2.20. The van der Waals surface area contributed by atoms with Gasteiger partial charge in [0, 0.05) is 30.6 Å². The van der Waals surface area contributed by atoms with Gasteiger partial charge in [-0.2, -0.15) is 5.10 Å². The van der Waals surface area contributed by atoms with Gasteiger partial charge in [0.2, 0.25) is 5.78 Å². The maximum Gasteiger partial charge on any atom is 0.214 e. The van der Waals surface area contributed by atoms with Gasteiger partial charge in [0.05, 0.1) is 17.9 Å². The molecule has 0 saturated carbocycles. The van der Waals surface area contributed by atoms with E-state index in [1.807, 2.05) is 6.92 Å². The summed E-state index contributed by atoms with van der Waals surface area (Å²) in [5.74, 6) is -0.950. The summed E-state index contributed by atoms with van der Waals surface area (Å²) in [6.45, 7) is 1.90. The van der Waals surface area contributed by atoms with Crippen molar-refractivity contribution in [1.82, 2.24) is 9.78 Å². The molecule has 24 heavy (non-hydrogen) atoms. The Morgan fingerprint density at radius 1 is 1.50 bits per heavy atom. The van der Waals surface area contributed by atoms with E-state index in [1.165, 1.54) is 29.1 Å². The summed E-state index contributed by atoms with van der Waals surface area (Å²) in [5, 5.41) is 13.6. The van der Waals surface area contributed by atoms with Crippen LogP contribution in [0.25, 0.3) is 5.69 Å². The second kappa shape index (κ2) is 7.85. The molecule has 6 nitrogen and oxygen atoms in total. The lowest BCUT2D eigenvalue weighted by molar-refractivity contribution is 0.103. The Morgan fingerprint density at radius 3 is 2.88 bits per heavy atom. The Kier molecular flexibility index (Phi) is 5.83. The SMILES string of the molecule is CCN=CC(=CN)C(=O)c1cc(Cl)nn1-c1ccc(F)cc1CO. The number of allylic oxidation sites excluding steroid dienone is 1. The number of nitrogens with two attached hydrogens (primary N) is 1. The van der Waals surface area contributed by atoms with E-state index >= 15 is 0 Å². The topological polar surface area (TPSA) is 93.5 Å². The molecule has 0 unspecified atom stereocenters. The summed E-state index contributed by atoms with van der Waals surface area (Å²) in [5.41, 5.74) is 6.40. The molecule has 2 rings (SSSR count). The third-order valence-corrected chi connectivity index (χ3v) is 3.39. The second-order valence-electron chi connectivity index (χ2n) is 4.77. The number of halogens is 2. The molecular formula is C16H16ClFN4O2. The van der Waals surface area contributed by atoms with Gasteiger partial charge in [0.1, 0.15) is 11.5 Å². The van der Waals surface area contributed by atoms with Crippen LogP contribution in [0.15, 0.2) is 41.0 Å². The molecule has 0 saturated heterocycles. The van der Waals surface area contributed by atoms with Gasteiger partial charge >= 0.3 is 0 Å². The third-order valence-electron chi connectivity index (χ3n) is 3.21. The molecule has 3 N–H and O–H groups in total. The first-order chi connectivity index (χ1) is 11.5. The molecule has 1 aromatic heterocycles. The molecule has 0 aliphatic heterocycles. The molecule has 8 heteroatoms. The van der Waals surface area contributed by atoms with Crippen LogP contribution in [0, 0.1) is 5.82 Å². The largest absolute Gasteiger partial charge is 0.404 e. The van der Waals surface area contributed by atoms with Gasteiger partial charge in [-0.3, -0.25) is 9.79 Å². The number of ketones is 1. The van der Waals surface area contributed by atoms with Crippen molar-refractivity contribution in [2.45, 2.75) is 13.5 Å². The Labute approximate surface area is 143 Å². The number of aliphatic hydroxyl groups excluding tert-OH is 1. The number of carbonyl (C=O) groups is 1. The number of nitrogens with zero attached hydrogens (tertiary/aromatic N) is 3. The predicted molar refractivity (Wildman–Crippen MR) is 90.1 cm³/mol. The van der Waals surface area contributed by atoms with Crippen LogP contribution in [0.1, 0.15) is 23.0 Å². The first kappa shape index (κ1) is 17.8. The molecular weight excluding hydrogens is 335 g/mol. The van der Waals surface area contributed by atoms with Gasteiger partial charge in [-0.1, -0.05) is 11.6 Å². The summed E-state index contributed by atoms with van der Waals surface area (Å²) in [7, 11) is 0. The van der Waals surface area contributed by atoms with Crippen LogP contribution in [-0.2, 0) is 6.61 Å². The van der Waals surface area contributed by atoms with Crippen molar-refractivity contribution < 1.29 is 14.3 Å². The minimum Gasteiger partial charge on any atom is -0.404 e. The van der Waals surface area contributed by atoms with Crippen molar-refractivity contribution in [3.8, 4) is 5.69 Å². The van der Waals surface area contributed by atoms with E-state index in [1.54, 1.807) is 0 Å². The molecule has 0 atom stereocenters. The fraction of sp³-hybridized carbons (Fsp3) is 0.188. The lowest BCUT2D eigenvalue weighted by Crippen LogP contribution is -2.14. The van der Waals surface area contributed by atoms with Crippen molar-refractivity contribution >= 4 is 23.6 Å². The van der Waals surface area contributed by atoms with E-state index in [0.717, 1.165) is 12.3 Å². The highest BCUT2D eigenvalue weighted by atomic mass is 35.5. The van der Waals surface area contributed by atoms with Crippen molar-refractivity contribution in [2.75, 3.05) is 6.54 Å². The molecule has 1 aromatic carbocycles. The molecule has 0 fully saturated rings. The average Bonchev–Trinajstić information content (AvgIpc) is 2.96. The van der Waals surface area contributed by atoms with Gasteiger partial charge in [-0.05, 0) is 25.1 Å². The summed E-state index contributed by atoms with van der Waals surface area (Å²) in [6, 6.07) is 5.15. The van der Waals surface area contributed by atoms with Gasteiger partial charge in [-0.25, -0.2) is 9.07 Å². The first-order valence-electron chi connectivity index (χ1n) is 7.13. The van der Waals surface area contributed by atoms with Crippen molar-refractivity contribution in [3.63, 3.8) is 0 Å². The number of rotatable bonds is 6. The number of benzene rings is 1. The zero-order valence-corrected chi connectivity index (χ0v) is 13.7. The molecule has 0 aliphatic rings. The molecule has 0 amide bonds. The van der Waals surface area contributed by atoms with Crippen LogP contribution < -0.4 is 5.73 Å². The molecule has 0 spiro atoms. The molecule has 0 radical (unpaired) electrons. The van der Waals surface area contributed by atoms with Crippen molar-refractivity contribution in [3.05, 3.63) is 58.3 Å². The number of hydrogen-bond acceptors (Lipinski definition) is 5. The number of aliphatic imine (C=N–C) groups is 1. The number of Topliss-reactive ketones (excluding diaryl/α,β-unsaturated/α-hetero) is 1. The van der Waals surface area contributed by atoms with E-state index in [4.69, 9.17) is 17.3 Å². The van der Waals surface area contributed by atoms with Crippen LogP contribution in [0.3, 0.4) is 0 Å². The zero-order chi connectivity index (χ0) is 17.7.